The highest BCUT2D eigenvalue weighted by molar-refractivity contribution is 7.88. The summed E-state index contributed by atoms with van der Waals surface area (Å²) in [5, 5.41) is 9.44. The van der Waals surface area contributed by atoms with Crippen LogP contribution in [0.25, 0.3) is 10.9 Å². The van der Waals surface area contributed by atoms with Crippen molar-refractivity contribution in [2.24, 2.45) is 0 Å². The summed E-state index contributed by atoms with van der Waals surface area (Å²) >= 11 is 0. The van der Waals surface area contributed by atoms with Crippen molar-refractivity contribution in [2.75, 3.05) is 24.2 Å². The molecular formula is C15H16FN5O2S. The molecule has 2 aromatic rings. The van der Waals surface area contributed by atoms with Crippen LogP contribution in [-0.2, 0) is 10.0 Å². The number of halogens is 1. The largest absolute Gasteiger partial charge is 0.354 e. The maximum atomic E-state index is 14.0. The van der Waals surface area contributed by atoms with E-state index >= 15 is 0 Å². The quantitative estimate of drug-likeness (QED) is 0.893. The van der Waals surface area contributed by atoms with E-state index in [1.54, 1.807) is 6.07 Å². The van der Waals surface area contributed by atoms with Gasteiger partial charge in [-0.2, -0.15) is 5.26 Å². The zero-order valence-corrected chi connectivity index (χ0v) is 13.8. The second-order valence-electron chi connectivity index (χ2n) is 5.83. The van der Waals surface area contributed by atoms with Crippen LogP contribution in [0.5, 0.6) is 0 Å². The van der Waals surface area contributed by atoms with Crippen molar-refractivity contribution in [1.29, 1.82) is 5.26 Å². The molecule has 9 heteroatoms. The minimum atomic E-state index is -3.29. The van der Waals surface area contributed by atoms with E-state index in [0.717, 1.165) is 19.1 Å². The highest BCUT2D eigenvalue weighted by Gasteiger charge is 2.24. The molecule has 0 spiro atoms. The van der Waals surface area contributed by atoms with Crippen LogP contribution in [0.2, 0.25) is 0 Å². The monoisotopic (exact) mass is 349 g/mol. The van der Waals surface area contributed by atoms with Crippen LogP contribution in [0.4, 0.5) is 10.2 Å². The van der Waals surface area contributed by atoms with Gasteiger partial charge in [0.25, 0.3) is 0 Å². The SMILES string of the molecule is CS(=O)(=O)NC1CCCN(c2ncnc3cc(C#N)c(F)cc23)C1. The number of nitrogens with zero attached hydrogens (tertiary/aromatic N) is 4. The molecule has 126 valence electrons. The summed E-state index contributed by atoms with van der Waals surface area (Å²) in [6.07, 6.45) is 4.02. The number of nitrogens with one attached hydrogen (secondary N) is 1. The normalized spacial score (nSPS) is 18.5. The summed E-state index contributed by atoms with van der Waals surface area (Å²) in [6, 6.07) is 4.23. The first kappa shape index (κ1) is 16.5. The average Bonchev–Trinajstić information content (AvgIpc) is 2.52. The van der Waals surface area contributed by atoms with Crippen LogP contribution < -0.4 is 9.62 Å². The van der Waals surface area contributed by atoms with Gasteiger partial charge in [-0.15, -0.1) is 0 Å². The van der Waals surface area contributed by atoms with Gasteiger partial charge in [-0.05, 0) is 25.0 Å². The third-order valence-corrected chi connectivity index (χ3v) is 4.69. The Morgan fingerprint density at radius 2 is 2.21 bits per heavy atom. The smallest absolute Gasteiger partial charge is 0.209 e. The van der Waals surface area contributed by atoms with Crippen LogP contribution >= 0.6 is 0 Å². The van der Waals surface area contributed by atoms with Gasteiger partial charge in [-0.25, -0.2) is 27.5 Å². The van der Waals surface area contributed by atoms with E-state index in [9.17, 15) is 12.8 Å². The number of piperidine rings is 1. The molecule has 0 aliphatic carbocycles. The number of hydrogen-bond acceptors (Lipinski definition) is 6. The highest BCUT2D eigenvalue weighted by atomic mass is 32.2. The summed E-state index contributed by atoms with van der Waals surface area (Å²) in [6.45, 7) is 1.14. The van der Waals surface area contributed by atoms with Crippen LogP contribution in [0, 0.1) is 17.1 Å². The standard InChI is InChI=1S/C15H16FN5O2S/c1-24(22,23)20-11-3-2-4-21(8-11)15-12-6-13(16)10(7-17)5-14(12)18-9-19-15/h5-6,9,11,20H,2-4,8H2,1H3. The van der Waals surface area contributed by atoms with E-state index in [0.29, 0.717) is 29.8 Å². The van der Waals surface area contributed by atoms with E-state index in [4.69, 9.17) is 5.26 Å². The molecule has 1 aromatic heterocycles. The maximum Gasteiger partial charge on any atom is 0.209 e. The van der Waals surface area contributed by atoms with Crippen molar-refractivity contribution in [3.63, 3.8) is 0 Å². The molecular weight excluding hydrogens is 333 g/mol. The summed E-state index contributed by atoms with van der Waals surface area (Å²) < 4.78 is 39.5. The molecule has 7 nitrogen and oxygen atoms in total. The van der Waals surface area contributed by atoms with Gasteiger partial charge < -0.3 is 4.90 Å². The average molecular weight is 349 g/mol. The molecule has 0 saturated carbocycles. The molecule has 3 rings (SSSR count). The predicted octanol–water partition coefficient (Wildman–Crippen LogP) is 1.16. The lowest BCUT2D eigenvalue weighted by molar-refractivity contribution is 0.466. The number of sulfonamides is 1. The Hall–Kier alpha value is -2.31. The molecule has 1 aliphatic rings. The van der Waals surface area contributed by atoms with E-state index < -0.39 is 15.8 Å². The number of fused-ring (bicyclic) bond motifs is 1. The number of aromatic nitrogens is 2. The van der Waals surface area contributed by atoms with Crippen molar-refractivity contribution in [1.82, 2.24) is 14.7 Å². The minimum Gasteiger partial charge on any atom is -0.354 e. The maximum absolute atomic E-state index is 14.0. The Labute approximate surface area is 139 Å². The van der Waals surface area contributed by atoms with Gasteiger partial charge in [-0.3, -0.25) is 0 Å². The molecule has 1 aromatic carbocycles. The first-order valence-electron chi connectivity index (χ1n) is 7.44. The van der Waals surface area contributed by atoms with Gasteiger partial charge in [-0.1, -0.05) is 0 Å². The van der Waals surface area contributed by atoms with E-state index in [-0.39, 0.29) is 11.6 Å². The van der Waals surface area contributed by atoms with Crippen LogP contribution in [-0.4, -0.2) is 43.8 Å². The molecule has 24 heavy (non-hydrogen) atoms. The third kappa shape index (κ3) is 3.44. The fourth-order valence-corrected chi connectivity index (χ4v) is 3.77. The molecule has 1 N–H and O–H groups in total. The van der Waals surface area contributed by atoms with Gasteiger partial charge in [0, 0.05) is 24.5 Å². The second-order valence-corrected chi connectivity index (χ2v) is 7.61. The van der Waals surface area contributed by atoms with Crippen molar-refractivity contribution >= 4 is 26.7 Å². The first-order chi connectivity index (χ1) is 11.4. The number of benzene rings is 1. The van der Waals surface area contributed by atoms with E-state index in [2.05, 4.69) is 14.7 Å². The zero-order valence-electron chi connectivity index (χ0n) is 13.0. The summed E-state index contributed by atoms with van der Waals surface area (Å²) in [5.74, 6) is -0.0766. The Kier molecular flexibility index (Phi) is 4.34. The van der Waals surface area contributed by atoms with Crippen molar-refractivity contribution in [3.05, 3.63) is 29.8 Å². The Morgan fingerprint density at radius 3 is 2.92 bits per heavy atom. The van der Waals surface area contributed by atoms with Crippen LogP contribution in [0.15, 0.2) is 18.5 Å². The molecule has 0 radical (unpaired) electrons. The van der Waals surface area contributed by atoms with Gasteiger partial charge in [0.05, 0.1) is 17.3 Å². The van der Waals surface area contributed by atoms with Crippen LogP contribution in [0.3, 0.4) is 0 Å². The predicted molar refractivity (Wildman–Crippen MR) is 87.4 cm³/mol. The lowest BCUT2D eigenvalue weighted by Gasteiger charge is -2.34. The first-order valence-corrected chi connectivity index (χ1v) is 9.33. The molecule has 1 fully saturated rings. The van der Waals surface area contributed by atoms with E-state index in [1.165, 1.54) is 18.5 Å². The molecule has 1 aliphatic heterocycles. The summed E-state index contributed by atoms with van der Waals surface area (Å²) in [7, 11) is -3.29. The van der Waals surface area contributed by atoms with Gasteiger partial charge in [0.2, 0.25) is 10.0 Å². The molecule has 0 amide bonds. The van der Waals surface area contributed by atoms with Gasteiger partial charge in [0.1, 0.15) is 24.0 Å². The summed E-state index contributed by atoms with van der Waals surface area (Å²) in [5.41, 5.74) is 0.415. The molecule has 1 unspecified atom stereocenters. The highest BCUT2D eigenvalue weighted by Crippen LogP contribution is 2.27. The fourth-order valence-electron chi connectivity index (χ4n) is 2.97. The zero-order chi connectivity index (χ0) is 17.3. The van der Waals surface area contributed by atoms with Crippen LogP contribution in [0.1, 0.15) is 18.4 Å². The Bertz CT molecular complexity index is 925. The minimum absolute atomic E-state index is 0.0672. The number of nitriles is 1. The Morgan fingerprint density at radius 1 is 1.42 bits per heavy atom. The number of anilines is 1. The molecule has 0 bridgehead atoms. The summed E-state index contributed by atoms with van der Waals surface area (Å²) in [4.78, 5) is 10.3. The third-order valence-electron chi connectivity index (χ3n) is 3.93. The lowest BCUT2D eigenvalue weighted by atomic mass is 10.1. The topological polar surface area (TPSA) is 99.0 Å². The fraction of sp³-hybridized carbons (Fsp3) is 0.400. The van der Waals surface area contributed by atoms with Crippen molar-refractivity contribution < 1.29 is 12.8 Å². The van der Waals surface area contributed by atoms with Crippen molar-refractivity contribution in [2.45, 2.75) is 18.9 Å². The second kappa shape index (κ2) is 6.30. The van der Waals surface area contributed by atoms with E-state index in [1.807, 2.05) is 4.90 Å². The Balaban J connectivity index is 1.97. The van der Waals surface area contributed by atoms with Gasteiger partial charge >= 0.3 is 0 Å². The molecule has 1 atom stereocenters. The number of rotatable bonds is 3. The lowest BCUT2D eigenvalue weighted by Crippen LogP contribution is -2.47. The molecule has 2 heterocycles. The number of hydrogen-bond donors (Lipinski definition) is 1. The van der Waals surface area contributed by atoms with Gasteiger partial charge in [0.15, 0.2) is 0 Å². The molecule has 1 saturated heterocycles. The van der Waals surface area contributed by atoms with Crippen molar-refractivity contribution in [3.8, 4) is 6.07 Å².